The molecule has 4 rings (SSSR count). The molecule has 0 heterocycles. The molecular formula is C28H29N5O24S7. The second-order valence-electron chi connectivity index (χ2n) is 11.6. The minimum Gasteiger partial charge on any atom is -0.505 e. The number of rotatable bonds is 23. The zero-order valence-electron chi connectivity index (χ0n) is 31.6. The summed E-state index contributed by atoms with van der Waals surface area (Å²) in [5, 5.41) is 49.4. The lowest BCUT2D eigenvalue weighted by molar-refractivity contribution is -0.434. The molecule has 0 aliphatic rings. The van der Waals surface area contributed by atoms with Crippen molar-refractivity contribution in [2.75, 3.05) is 44.7 Å². The molecule has 0 fully saturated rings. The van der Waals surface area contributed by atoms with Gasteiger partial charge in [-0.3, -0.25) is 17.8 Å². The van der Waals surface area contributed by atoms with Crippen LogP contribution in [0.25, 0.3) is 10.8 Å². The van der Waals surface area contributed by atoms with Gasteiger partial charge in [-0.15, -0.1) is 29.1 Å². The molecule has 29 nitrogen and oxygen atoms in total. The number of ether oxygens (including phenoxy) is 2. The summed E-state index contributed by atoms with van der Waals surface area (Å²) in [5.41, 5.74) is 3.29. The Morgan fingerprint density at radius 3 is 1.86 bits per heavy atom. The van der Waals surface area contributed by atoms with Gasteiger partial charge >= 0.3 is 10.4 Å². The van der Waals surface area contributed by atoms with Gasteiger partial charge in [0.2, 0.25) is 0 Å². The normalized spacial score (nSPS) is 13.0. The lowest BCUT2D eigenvalue weighted by atomic mass is 10.0. The van der Waals surface area contributed by atoms with Gasteiger partial charge in [0.05, 0.1) is 71.8 Å². The molecule has 4 aromatic rings. The molecule has 4 aromatic carbocycles. The predicted octanol–water partition coefficient (Wildman–Crippen LogP) is 4.27. The molecule has 0 amide bonds. The van der Waals surface area contributed by atoms with E-state index in [-0.39, 0.29) is 35.8 Å². The Hall–Kier alpha value is -4.45. The second kappa shape index (κ2) is 21.2. The Morgan fingerprint density at radius 2 is 1.27 bits per heavy atom. The lowest BCUT2D eigenvalue weighted by Gasteiger charge is -2.15. The molecule has 0 aliphatic heterocycles. The highest BCUT2D eigenvalue weighted by Crippen LogP contribution is 2.50. The summed E-state index contributed by atoms with van der Waals surface area (Å²) in [6.45, 7) is -1.57. The van der Waals surface area contributed by atoms with Crippen molar-refractivity contribution in [1.82, 2.24) is 0 Å². The first-order valence-corrected chi connectivity index (χ1v) is 25.0. The van der Waals surface area contributed by atoms with Crippen molar-refractivity contribution in [1.29, 1.82) is 0 Å². The molecule has 0 aliphatic carbocycles. The van der Waals surface area contributed by atoms with Crippen LogP contribution in [0.2, 0.25) is 0 Å². The number of phenols is 1. The van der Waals surface area contributed by atoms with E-state index in [0.29, 0.717) is 12.1 Å². The van der Waals surface area contributed by atoms with Crippen molar-refractivity contribution >= 4 is 114 Å². The predicted molar refractivity (Wildman–Crippen MR) is 215 cm³/mol. The number of sulfone groups is 2. The van der Waals surface area contributed by atoms with Gasteiger partial charge in [-0.2, -0.15) is 25.3 Å². The van der Waals surface area contributed by atoms with E-state index in [1.54, 1.807) is 0 Å². The third-order valence-corrected chi connectivity index (χ3v) is 14.4. The Balaban J connectivity index is 1.90. The lowest BCUT2D eigenvalue weighted by Crippen LogP contribution is -2.16. The number of methoxy groups -OCH3 is 2. The summed E-state index contributed by atoms with van der Waals surface area (Å²) >= 11 is 0.105. The van der Waals surface area contributed by atoms with Gasteiger partial charge in [0.15, 0.2) is 37.7 Å². The Bertz CT molecular complexity index is 3040. The molecule has 0 unspecified atom stereocenters. The maximum absolute atomic E-state index is 13.0. The van der Waals surface area contributed by atoms with Crippen LogP contribution in [-0.4, -0.2) is 110 Å². The Morgan fingerprint density at radius 1 is 0.656 bits per heavy atom. The molecule has 0 aromatic heterocycles. The van der Waals surface area contributed by atoms with Gasteiger partial charge in [0, 0.05) is 17.5 Å². The average molecular weight is 1040 g/mol. The smallest absolute Gasteiger partial charge is 0.397 e. The molecule has 8 N–H and O–H groups in total. The summed E-state index contributed by atoms with van der Waals surface area (Å²) in [5.74, 6) is -3.59. The third kappa shape index (κ3) is 13.1. The number of anilines is 1. The average Bonchev–Trinajstić information content (AvgIpc) is 3.20. The molecule has 0 radical (unpaired) electrons. The van der Waals surface area contributed by atoms with Crippen LogP contribution in [0.15, 0.2) is 87.4 Å². The molecule has 36 heteroatoms. The minimum atomic E-state index is -5.29. The molecule has 0 bridgehead atoms. The molecule has 0 atom stereocenters. The molecule has 0 saturated carbocycles. The van der Waals surface area contributed by atoms with E-state index in [4.69, 9.17) is 34.5 Å². The number of nitrogens with two attached hydrogens (primary N) is 1. The van der Waals surface area contributed by atoms with Crippen molar-refractivity contribution in [3.8, 4) is 17.2 Å². The first kappa shape index (κ1) is 52.2. The molecule has 0 spiro atoms. The van der Waals surface area contributed by atoms with Gasteiger partial charge in [-0.1, -0.05) is 10.1 Å². The van der Waals surface area contributed by atoms with Crippen LogP contribution in [0.3, 0.4) is 0 Å². The highest BCUT2D eigenvalue weighted by molar-refractivity contribution is 7.94. The number of fused-ring (bicyclic) bond motifs is 1. The van der Waals surface area contributed by atoms with E-state index in [9.17, 15) is 56.3 Å². The zero-order chi connectivity index (χ0) is 47.8. The zero-order valence-corrected chi connectivity index (χ0v) is 37.3. The van der Waals surface area contributed by atoms with E-state index in [1.807, 2.05) is 0 Å². The fourth-order valence-corrected chi connectivity index (χ4v) is 10.1. The van der Waals surface area contributed by atoms with Crippen molar-refractivity contribution in [2.45, 2.75) is 24.5 Å². The van der Waals surface area contributed by atoms with Crippen molar-refractivity contribution in [2.24, 2.45) is 20.5 Å². The number of phenolic OH excluding ortho intramolecular Hbond substituents is 1. The van der Waals surface area contributed by atoms with Crippen LogP contribution in [-0.2, 0) is 77.4 Å². The summed E-state index contributed by atoms with van der Waals surface area (Å²) in [6, 6.07) is 5.55. The standard InChI is InChI=1S/C28H29N5O24S7/c1-50-19-13-24(61(39,40)8-6-53-64(47,48)49)20(51-2)11-17(19)31-32-18-12-22(62(41,42)43)15-10-21(58-56-54-35)27(28(34)25(15)26(18)29)33-30-16-4-3-14(9-23(16)63(44,45)46)60(37,38)7-5-52-59-57-55-36/h3-4,9-13,34-36H,5-8,29H2,1-2H3,(H,41,42,43)(H,44,45,46)(H,47,48,49). The van der Waals surface area contributed by atoms with Crippen molar-refractivity contribution in [3.63, 3.8) is 0 Å². The summed E-state index contributed by atoms with van der Waals surface area (Å²) in [4.78, 5) is -3.85. The number of hydrogen-bond donors (Lipinski definition) is 7. The minimum absolute atomic E-state index is 0.0420. The van der Waals surface area contributed by atoms with E-state index in [2.05, 4.69) is 43.4 Å². The SMILES string of the molecule is COc1cc(S(=O)(=O)CCOS(=O)(=O)O)c(OC)cc1N=Nc1cc(S(=O)(=O)O)c2cc(SOOO)c(N=Nc3ccc(S(=O)(=O)CCOSOOO)cc3S(=O)(=O)O)c(O)c2c1N. The number of benzene rings is 4. The van der Waals surface area contributed by atoms with Crippen LogP contribution in [0, 0.1) is 0 Å². The number of aromatic hydroxyl groups is 1. The van der Waals surface area contributed by atoms with Crippen molar-refractivity contribution < 1.29 is 108 Å². The van der Waals surface area contributed by atoms with Gasteiger partial charge in [0.25, 0.3) is 20.2 Å². The van der Waals surface area contributed by atoms with Crippen LogP contribution >= 0.6 is 24.4 Å². The number of hydrogen-bond acceptors (Lipinski definition) is 28. The molecule has 64 heavy (non-hydrogen) atoms. The maximum Gasteiger partial charge on any atom is 0.397 e. The van der Waals surface area contributed by atoms with Gasteiger partial charge in [0.1, 0.15) is 48.9 Å². The van der Waals surface area contributed by atoms with E-state index in [0.717, 1.165) is 44.6 Å². The number of nitrogens with zero attached hydrogens (tertiary/aromatic N) is 4. The molecule has 352 valence electrons. The summed E-state index contributed by atoms with van der Waals surface area (Å²) in [6.07, 6.45) is 0. The van der Waals surface area contributed by atoms with Crippen molar-refractivity contribution in [3.05, 3.63) is 42.5 Å². The molecular weight excluding hydrogens is 1010 g/mol. The highest BCUT2D eigenvalue weighted by atomic mass is 32.3. The van der Waals surface area contributed by atoms with E-state index < -0.39 is 145 Å². The van der Waals surface area contributed by atoms with E-state index in [1.165, 1.54) is 0 Å². The van der Waals surface area contributed by atoms with Crippen LogP contribution in [0.1, 0.15) is 0 Å². The number of nitrogen functional groups attached to an aromatic ring is 1. The van der Waals surface area contributed by atoms with Gasteiger partial charge < -0.3 is 20.3 Å². The van der Waals surface area contributed by atoms with Gasteiger partial charge in [-0.25, -0.2) is 31.5 Å². The fourth-order valence-electron chi connectivity index (χ4n) is 5.07. The van der Waals surface area contributed by atoms with Crippen LogP contribution < -0.4 is 15.2 Å². The monoisotopic (exact) mass is 1040 g/mol. The fraction of sp³-hybridized carbons (Fsp3) is 0.214. The quantitative estimate of drug-likeness (QED) is 0.0104. The Labute approximate surface area is 369 Å². The van der Waals surface area contributed by atoms with Crippen LogP contribution in [0.5, 0.6) is 17.2 Å². The first-order valence-electron chi connectivity index (χ1n) is 16.1. The second-order valence-corrected chi connectivity index (χ2v) is 20.9. The summed E-state index contributed by atoms with van der Waals surface area (Å²) in [7, 11) is -22.2. The largest absolute Gasteiger partial charge is 0.505 e. The van der Waals surface area contributed by atoms with Gasteiger partial charge in [-0.05, 0) is 30.3 Å². The van der Waals surface area contributed by atoms with E-state index >= 15 is 0 Å². The highest BCUT2D eigenvalue weighted by Gasteiger charge is 2.28. The Kier molecular flexibility index (Phi) is 17.3. The first-order chi connectivity index (χ1) is 29.8. The number of azo groups is 2. The molecule has 0 saturated heterocycles. The summed E-state index contributed by atoms with van der Waals surface area (Å²) < 4.78 is 180. The topological polar surface area (TPSA) is 441 Å². The van der Waals surface area contributed by atoms with Crippen LogP contribution in [0.4, 0.5) is 28.4 Å². The third-order valence-electron chi connectivity index (χ3n) is 7.77. The maximum atomic E-state index is 13.0.